The molecule has 19 heavy (non-hydrogen) atoms. The van der Waals surface area contributed by atoms with E-state index < -0.39 is 0 Å². The van der Waals surface area contributed by atoms with Crippen molar-refractivity contribution >= 4 is 18.3 Å². The summed E-state index contributed by atoms with van der Waals surface area (Å²) >= 11 is 0. The summed E-state index contributed by atoms with van der Waals surface area (Å²) < 4.78 is 0. The highest BCUT2D eigenvalue weighted by Crippen LogP contribution is 2.25. The number of rotatable bonds is 1. The molecule has 3 nitrogen and oxygen atoms in total. The summed E-state index contributed by atoms with van der Waals surface area (Å²) in [5.41, 5.74) is 0.814. The molecule has 2 saturated heterocycles. The van der Waals surface area contributed by atoms with Crippen molar-refractivity contribution in [3.05, 3.63) is 35.9 Å². The van der Waals surface area contributed by atoms with Gasteiger partial charge in [0.15, 0.2) is 0 Å². The molecule has 2 heterocycles. The van der Waals surface area contributed by atoms with Gasteiger partial charge in [0.2, 0.25) is 0 Å². The third-order valence-corrected chi connectivity index (χ3v) is 4.16. The maximum atomic E-state index is 12.4. The molecule has 2 fully saturated rings. The molecule has 0 saturated carbocycles. The molecule has 0 aliphatic carbocycles. The smallest absolute Gasteiger partial charge is 0.253 e. The Morgan fingerprint density at radius 1 is 1.16 bits per heavy atom. The van der Waals surface area contributed by atoms with Crippen molar-refractivity contribution in [3.8, 4) is 0 Å². The maximum Gasteiger partial charge on any atom is 0.253 e. The molecule has 2 aliphatic rings. The molecule has 2 unspecified atom stereocenters. The van der Waals surface area contributed by atoms with E-state index in [1.54, 1.807) is 0 Å². The highest BCUT2D eigenvalue weighted by Gasteiger charge is 2.35. The SMILES string of the molecule is Cl.O=C(c1ccccc1)N1CC2CCCCNC2C1. The van der Waals surface area contributed by atoms with Gasteiger partial charge in [-0.25, -0.2) is 0 Å². The van der Waals surface area contributed by atoms with Gasteiger partial charge in [-0.2, -0.15) is 0 Å². The molecule has 0 bridgehead atoms. The summed E-state index contributed by atoms with van der Waals surface area (Å²) in [6.07, 6.45) is 3.83. The van der Waals surface area contributed by atoms with Crippen LogP contribution in [-0.2, 0) is 0 Å². The monoisotopic (exact) mass is 280 g/mol. The van der Waals surface area contributed by atoms with Crippen LogP contribution >= 0.6 is 12.4 Å². The number of fused-ring (bicyclic) bond motifs is 1. The van der Waals surface area contributed by atoms with Crippen molar-refractivity contribution in [1.82, 2.24) is 10.2 Å². The lowest BCUT2D eigenvalue weighted by atomic mass is 9.99. The number of nitrogens with one attached hydrogen (secondary N) is 1. The fraction of sp³-hybridized carbons (Fsp3) is 0.533. The molecule has 0 spiro atoms. The maximum absolute atomic E-state index is 12.4. The standard InChI is InChI=1S/C15H20N2O.ClH/c18-15(12-6-2-1-3-7-12)17-10-13-8-4-5-9-16-14(13)11-17;/h1-3,6-7,13-14,16H,4-5,8-11H2;1H. The number of benzene rings is 1. The van der Waals surface area contributed by atoms with Crippen LogP contribution in [0.15, 0.2) is 30.3 Å². The lowest BCUT2D eigenvalue weighted by molar-refractivity contribution is 0.0784. The van der Waals surface area contributed by atoms with Crippen LogP contribution < -0.4 is 5.32 Å². The Hall–Kier alpha value is -1.06. The van der Waals surface area contributed by atoms with Crippen LogP contribution in [-0.4, -0.2) is 36.5 Å². The van der Waals surface area contributed by atoms with Gasteiger partial charge in [0.1, 0.15) is 0 Å². The number of carbonyl (C=O) groups is 1. The predicted molar refractivity (Wildman–Crippen MR) is 78.7 cm³/mol. The fourth-order valence-corrected chi connectivity index (χ4v) is 3.14. The number of amides is 1. The van der Waals surface area contributed by atoms with E-state index >= 15 is 0 Å². The zero-order valence-corrected chi connectivity index (χ0v) is 11.9. The largest absolute Gasteiger partial charge is 0.337 e. The first-order valence-electron chi connectivity index (χ1n) is 6.92. The Morgan fingerprint density at radius 3 is 2.74 bits per heavy atom. The predicted octanol–water partition coefficient (Wildman–Crippen LogP) is 2.32. The van der Waals surface area contributed by atoms with E-state index in [1.165, 1.54) is 19.3 Å². The van der Waals surface area contributed by atoms with Crippen molar-refractivity contribution < 1.29 is 4.79 Å². The number of hydrogen-bond donors (Lipinski definition) is 1. The number of halogens is 1. The average molecular weight is 281 g/mol. The molecule has 1 aromatic rings. The molecule has 104 valence electrons. The third-order valence-electron chi connectivity index (χ3n) is 4.16. The normalized spacial score (nSPS) is 26.2. The summed E-state index contributed by atoms with van der Waals surface area (Å²) in [5.74, 6) is 0.839. The Bertz CT molecular complexity index is 409. The Kier molecular flexibility index (Phi) is 4.83. The van der Waals surface area contributed by atoms with E-state index in [2.05, 4.69) is 5.32 Å². The number of likely N-dealkylation sites (tertiary alicyclic amines) is 1. The van der Waals surface area contributed by atoms with E-state index in [0.717, 1.165) is 25.2 Å². The molecule has 0 aromatic heterocycles. The van der Waals surface area contributed by atoms with Crippen molar-refractivity contribution in [2.75, 3.05) is 19.6 Å². The van der Waals surface area contributed by atoms with Crippen molar-refractivity contribution in [2.45, 2.75) is 25.3 Å². The molecule has 4 heteroatoms. The van der Waals surface area contributed by atoms with Gasteiger partial charge in [0, 0.05) is 24.7 Å². The van der Waals surface area contributed by atoms with Gasteiger partial charge < -0.3 is 10.2 Å². The van der Waals surface area contributed by atoms with Crippen molar-refractivity contribution in [2.24, 2.45) is 5.92 Å². The van der Waals surface area contributed by atoms with E-state index in [0.29, 0.717) is 12.0 Å². The second-order valence-electron chi connectivity index (χ2n) is 5.39. The molecule has 2 aliphatic heterocycles. The van der Waals surface area contributed by atoms with Crippen molar-refractivity contribution in [3.63, 3.8) is 0 Å². The van der Waals surface area contributed by atoms with Gasteiger partial charge in [-0.1, -0.05) is 24.6 Å². The molecule has 1 N–H and O–H groups in total. The molecule has 3 rings (SSSR count). The molecule has 2 atom stereocenters. The first-order chi connectivity index (χ1) is 8.84. The third kappa shape index (κ3) is 3.10. The second kappa shape index (κ2) is 6.40. The fourth-order valence-electron chi connectivity index (χ4n) is 3.14. The minimum absolute atomic E-state index is 0. The summed E-state index contributed by atoms with van der Waals surface area (Å²) in [7, 11) is 0. The van der Waals surface area contributed by atoms with E-state index in [4.69, 9.17) is 0 Å². The summed E-state index contributed by atoms with van der Waals surface area (Å²) in [4.78, 5) is 14.4. The van der Waals surface area contributed by atoms with Crippen LogP contribution in [0.2, 0.25) is 0 Å². The molecule has 1 aromatic carbocycles. The molecule has 1 amide bonds. The zero-order chi connectivity index (χ0) is 12.4. The first kappa shape index (κ1) is 14.4. The van der Waals surface area contributed by atoms with Crippen LogP contribution in [0.4, 0.5) is 0 Å². The Balaban J connectivity index is 0.00000133. The summed E-state index contributed by atoms with van der Waals surface area (Å²) in [6.45, 7) is 2.90. The second-order valence-corrected chi connectivity index (χ2v) is 5.39. The molecular formula is C15H21ClN2O. The molecular weight excluding hydrogens is 260 g/mol. The molecule has 0 radical (unpaired) electrons. The zero-order valence-electron chi connectivity index (χ0n) is 11.0. The van der Waals surface area contributed by atoms with Crippen LogP contribution in [0.1, 0.15) is 29.6 Å². The number of nitrogens with zero attached hydrogens (tertiary/aromatic N) is 1. The van der Waals surface area contributed by atoms with Gasteiger partial charge in [0.05, 0.1) is 0 Å². The highest BCUT2D eigenvalue weighted by atomic mass is 35.5. The van der Waals surface area contributed by atoms with Crippen molar-refractivity contribution in [1.29, 1.82) is 0 Å². The van der Waals surface area contributed by atoms with Gasteiger partial charge in [-0.15, -0.1) is 12.4 Å². The van der Waals surface area contributed by atoms with Gasteiger partial charge in [0.25, 0.3) is 5.91 Å². The topological polar surface area (TPSA) is 32.3 Å². The van der Waals surface area contributed by atoms with E-state index in [-0.39, 0.29) is 18.3 Å². The average Bonchev–Trinajstić information content (AvgIpc) is 2.70. The quantitative estimate of drug-likeness (QED) is 0.856. The number of hydrogen-bond acceptors (Lipinski definition) is 2. The van der Waals surface area contributed by atoms with Crippen LogP contribution in [0, 0.1) is 5.92 Å². The van der Waals surface area contributed by atoms with E-state index in [9.17, 15) is 4.79 Å². The minimum atomic E-state index is 0. The van der Waals surface area contributed by atoms with E-state index in [1.807, 2.05) is 35.2 Å². The summed E-state index contributed by atoms with van der Waals surface area (Å²) in [5, 5.41) is 3.59. The van der Waals surface area contributed by atoms with Gasteiger partial charge >= 0.3 is 0 Å². The van der Waals surface area contributed by atoms with Crippen LogP contribution in [0.3, 0.4) is 0 Å². The Labute approximate surface area is 120 Å². The van der Waals surface area contributed by atoms with Crippen LogP contribution in [0.25, 0.3) is 0 Å². The van der Waals surface area contributed by atoms with Gasteiger partial charge in [-0.3, -0.25) is 4.79 Å². The summed E-state index contributed by atoms with van der Waals surface area (Å²) in [6, 6.07) is 10.1. The lowest BCUT2D eigenvalue weighted by Gasteiger charge is -2.17. The van der Waals surface area contributed by atoms with Gasteiger partial charge in [-0.05, 0) is 37.4 Å². The minimum Gasteiger partial charge on any atom is -0.337 e. The number of carbonyl (C=O) groups excluding carboxylic acids is 1. The lowest BCUT2D eigenvalue weighted by Crippen LogP contribution is -2.36. The van der Waals surface area contributed by atoms with Crippen LogP contribution in [0.5, 0.6) is 0 Å². The Morgan fingerprint density at radius 2 is 1.95 bits per heavy atom. The highest BCUT2D eigenvalue weighted by molar-refractivity contribution is 5.94. The first-order valence-corrected chi connectivity index (χ1v) is 6.92.